The van der Waals surface area contributed by atoms with Crippen LogP contribution < -0.4 is 0 Å². The molecule has 0 aromatic carbocycles. The van der Waals surface area contributed by atoms with Crippen molar-refractivity contribution >= 4 is 12.3 Å². The van der Waals surface area contributed by atoms with Gasteiger partial charge in [0.2, 0.25) is 12.3 Å². The molecule has 0 saturated heterocycles. The molecule has 0 bridgehead atoms. The number of amides is 2. The van der Waals surface area contributed by atoms with Crippen molar-refractivity contribution in [3.8, 4) is 0 Å². The van der Waals surface area contributed by atoms with Crippen molar-refractivity contribution in [2.24, 2.45) is 5.92 Å². The van der Waals surface area contributed by atoms with Gasteiger partial charge in [-0.25, -0.2) is 0 Å². The van der Waals surface area contributed by atoms with Gasteiger partial charge in [-0.15, -0.1) is 0 Å². The highest BCUT2D eigenvalue weighted by Gasteiger charge is 2.29. The van der Waals surface area contributed by atoms with Gasteiger partial charge in [-0.1, -0.05) is 13.8 Å². The molecule has 106 valence electrons. The van der Waals surface area contributed by atoms with Crippen molar-refractivity contribution in [1.29, 1.82) is 0 Å². The zero-order chi connectivity index (χ0) is 14.3. The van der Waals surface area contributed by atoms with Gasteiger partial charge in [-0.05, 0) is 33.6 Å². The van der Waals surface area contributed by atoms with Crippen LogP contribution in [0.25, 0.3) is 0 Å². The Balaban J connectivity index is 4.65. The SMILES string of the molecule is CCN(CC(C)C)C(=O)CC(C)(C)N(C=O)CC. The van der Waals surface area contributed by atoms with Crippen molar-refractivity contribution < 1.29 is 9.59 Å². The molecule has 0 heterocycles. The molecule has 4 heteroatoms. The lowest BCUT2D eigenvalue weighted by Gasteiger charge is -2.36. The summed E-state index contributed by atoms with van der Waals surface area (Å²) in [5.41, 5.74) is -0.419. The standard InChI is InChI=1S/C14H28N2O2/c1-7-15(10-12(3)4)13(18)9-14(5,6)16(8-2)11-17/h11-12H,7-10H2,1-6H3. The van der Waals surface area contributed by atoms with Gasteiger partial charge >= 0.3 is 0 Å². The smallest absolute Gasteiger partial charge is 0.224 e. The predicted octanol–water partition coefficient (Wildman–Crippen LogP) is 2.14. The lowest BCUT2D eigenvalue weighted by atomic mass is 9.97. The van der Waals surface area contributed by atoms with Crippen molar-refractivity contribution in [2.45, 2.75) is 53.5 Å². The average Bonchev–Trinajstić information content (AvgIpc) is 2.25. The molecule has 0 aromatic heterocycles. The third-order valence-corrected chi connectivity index (χ3v) is 3.15. The second-order valence-corrected chi connectivity index (χ2v) is 5.71. The summed E-state index contributed by atoms with van der Waals surface area (Å²) in [6.07, 6.45) is 1.20. The molecule has 4 nitrogen and oxygen atoms in total. The molecule has 0 rings (SSSR count). The van der Waals surface area contributed by atoms with Gasteiger partial charge in [-0.2, -0.15) is 0 Å². The number of hydrogen-bond acceptors (Lipinski definition) is 2. The Hall–Kier alpha value is -1.06. The summed E-state index contributed by atoms with van der Waals surface area (Å²) in [7, 11) is 0. The Morgan fingerprint density at radius 1 is 1.22 bits per heavy atom. The summed E-state index contributed by atoms with van der Waals surface area (Å²) < 4.78 is 0. The van der Waals surface area contributed by atoms with Gasteiger partial charge in [-0.3, -0.25) is 9.59 Å². The van der Waals surface area contributed by atoms with Gasteiger partial charge in [0, 0.05) is 31.6 Å². The first-order chi connectivity index (χ1) is 8.28. The second kappa shape index (κ2) is 7.39. The van der Waals surface area contributed by atoms with E-state index in [-0.39, 0.29) is 5.91 Å². The Kier molecular flexibility index (Phi) is 6.96. The predicted molar refractivity (Wildman–Crippen MR) is 74.2 cm³/mol. The van der Waals surface area contributed by atoms with Crippen LogP contribution in [0, 0.1) is 5.92 Å². The van der Waals surface area contributed by atoms with Crippen molar-refractivity contribution in [2.75, 3.05) is 19.6 Å². The fraction of sp³-hybridized carbons (Fsp3) is 0.857. The monoisotopic (exact) mass is 256 g/mol. The van der Waals surface area contributed by atoms with Crippen LogP contribution in [0.15, 0.2) is 0 Å². The quantitative estimate of drug-likeness (QED) is 0.624. The zero-order valence-corrected chi connectivity index (χ0v) is 12.7. The third kappa shape index (κ3) is 5.07. The highest BCUT2D eigenvalue weighted by atomic mass is 16.2. The minimum atomic E-state index is -0.419. The summed E-state index contributed by atoms with van der Waals surface area (Å²) in [6.45, 7) is 14.1. The summed E-state index contributed by atoms with van der Waals surface area (Å²) in [5, 5.41) is 0. The number of carbonyl (C=O) groups excluding carboxylic acids is 2. The lowest BCUT2D eigenvalue weighted by molar-refractivity contribution is -0.135. The summed E-state index contributed by atoms with van der Waals surface area (Å²) >= 11 is 0. The van der Waals surface area contributed by atoms with E-state index in [4.69, 9.17) is 0 Å². The molecule has 2 amide bonds. The van der Waals surface area contributed by atoms with Crippen LogP contribution in [0.5, 0.6) is 0 Å². The molecule has 0 N–H and O–H groups in total. The van der Waals surface area contributed by atoms with E-state index in [0.29, 0.717) is 18.9 Å². The molecule has 0 aromatic rings. The maximum atomic E-state index is 12.2. The van der Waals surface area contributed by atoms with E-state index in [1.165, 1.54) is 0 Å². The fourth-order valence-corrected chi connectivity index (χ4v) is 2.08. The molecule has 0 aliphatic heterocycles. The zero-order valence-electron chi connectivity index (χ0n) is 12.7. The first-order valence-electron chi connectivity index (χ1n) is 6.78. The van der Waals surface area contributed by atoms with Crippen LogP contribution in [-0.2, 0) is 9.59 Å². The molecule has 0 spiro atoms. The van der Waals surface area contributed by atoms with Gasteiger partial charge in [0.1, 0.15) is 0 Å². The molecule has 0 saturated carbocycles. The minimum Gasteiger partial charge on any atom is -0.343 e. The molecular weight excluding hydrogens is 228 g/mol. The number of rotatable bonds is 8. The van der Waals surface area contributed by atoms with Crippen LogP contribution in [-0.4, -0.2) is 47.3 Å². The van der Waals surface area contributed by atoms with Crippen LogP contribution in [0.2, 0.25) is 0 Å². The molecule has 0 aliphatic rings. The van der Waals surface area contributed by atoms with Gasteiger partial charge in [0.25, 0.3) is 0 Å². The Morgan fingerprint density at radius 3 is 2.11 bits per heavy atom. The van der Waals surface area contributed by atoms with Crippen molar-refractivity contribution in [3.63, 3.8) is 0 Å². The van der Waals surface area contributed by atoms with E-state index in [2.05, 4.69) is 13.8 Å². The Morgan fingerprint density at radius 2 is 1.78 bits per heavy atom. The molecule has 0 unspecified atom stereocenters. The first-order valence-corrected chi connectivity index (χ1v) is 6.78. The maximum Gasteiger partial charge on any atom is 0.224 e. The van der Waals surface area contributed by atoms with E-state index in [0.717, 1.165) is 19.5 Å². The van der Waals surface area contributed by atoms with Crippen LogP contribution in [0.1, 0.15) is 48.0 Å². The number of carbonyl (C=O) groups is 2. The van der Waals surface area contributed by atoms with E-state index in [1.54, 1.807) is 4.90 Å². The second-order valence-electron chi connectivity index (χ2n) is 5.71. The maximum absolute atomic E-state index is 12.2. The molecule has 0 atom stereocenters. The van der Waals surface area contributed by atoms with E-state index >= 15 is 0 Å². The van der Waals surface area contributed by atoms with Crippen LogP contribution >= 0.6 is 0 Å². The summed E-state index contributed by atoms with van der Waals surface area (Å²) in [5.74, 6) is 0.585. The largest absolute Gasteiger partial charge is 0.343 e. The van der Waals surface area contributed by atoms with E-state index in [9.17, 15) is 9.59 Å². The van der Waals surface area contributed by atoms with Gasteiger partial charge in [0.05, 0.1) is 0 Å². The van der Waals surface area contributed by atoms with Gasteiger partial charge < -0.3 is 9.80 Å². The van der Waals surface area contributed by atoms with Gasteiger partial charge in [0.15, 0.2) is 0 Å². The fourth-order valence-electron chi connectivity index (χ4n) is 2.08. The topological polar surface area (TPSA) is 40.6 Å². The van der Waals surface area contributed by atoms with Crippen LogP contribution in [0.4, 0.5) is 0 Å². The van der Waals surface area contributed by atoms with Crippen molar-refractivity contribution in [3.05, 3.63) is 0 Å². The number of nitrogens with zero attached hydrogens (tertiary/aromatic N) is 2. The molecular formula is C14H28N2O2. The third-order valence-electron chi connectivity index (χ3n) is 3.15. The highest BCUT2D eigenvalue weighted by Crippen LogP contribution is 2.18. The molecule has 18 heavy (non-hydrogen) atoms. The van der Waals surface area contributed by atoms with Crippen molar-refractivity contribution in [1.82, 2.24) is 9.80 Å². The van der Waals surface area contributed by atoms with Crippen LogP contribution in [0.3, 0.4) is 0 Å². The first kappa shape index (κ1) is 16.9. The Labute approximate surface area is 111 Å². The molecule has 0 radical (unpaired) electrons. The lowest BCUT2D eigenvalue weighted by Crippen LogP contribution is -2.47. The number of hydrogen-bond donors (Lipinski definition) is 0. The van der Waals surface area contributed by atoms with E-state index in [1.807, 2.05) is 32.6 Å². The minimum absolute atomic E-state index is 0.122. The normalized spacial score (nSPS) is 11.5. The Bertz CT molecular complexity index is 275. The molecule has 0 fully saturated rings. The molecule has 0 aliphatic carbocycles. The summed E-state index contributed by atoms with van der Waals surface area (Å²) in [4.78, 5) is 26.8. The van der Waals surface area contributed by atoms with E-state index < -0.39 is 5.54 Å². The summed E-state index contributed by atoms with van der Waals surface area (Å²) in [6, 6.07) is 0. The highest BCUT2D eigenvalue weighted by molar-refractivity contribution is 5.77. The average molecular weight is 256 g/mol.